The lowest BCUT2D eigenvalue weighted by molar-refractivity contribution is -0.117. The number of rotatable bonds is 5. The summed E-state index contributed by atoms with van der Waals surface area (Å²) in [5.74, 6) is 0.837. The van der Waals surface area contributed by atoms with E-state index < -0.39 is 5.67 Å². The number of benzene rings is 1. The Morgan fingerprint density at radius 3 is 2.71 bits per heavy atom. The number of piperidine rings is 1. The maximum Gasteiger partial charge on any atom is 0.229 e. The maximum absolute atomic E-state index is 14.3. The van der Waals surface area contributed by atoms with Crippen LogP contribution in [0.5, 0.6) is 0 Å². The Labute approximate surface area is 202 Å². The molecular formula is C25H26ClFN6O. The third kappa shape index (κ3) is 4.09. The summed E-state index contributed by atoms with van der Waals surface area (Å²) in [5.41, 5.74) is 0.117. The molecule has 0 radical (unpaired) electrons. The van der Waals surface area contributed by atoms with E-state index in [0.717, 1.165) is 28.4 Å². The van der Waals surface area contributed by atoms with E-state index in [1.165, 1.54) is 0 Å². The summed E-state index contributed by atoms with van der Waals surface area (Å²) in [4.78, 5) is 19.5. The minimum absolute atomic E-state index is 0.0337. The van der Waals surface area contributed by atoms with Crippen LogP contribution in [-0.2, 0) is 11.8 Å². The highest BCUT2D eigenvalue weighted by Crippen LogP contribution is 2.56. The molecule has 3 heterocycles. The molecule has 3 atom stereocenters. The molecule has 34 heavy (non-hydrogen) atoms. The van der Waals surface area contributed by atoms with Crippen LogP contribution in [0.4, 0.5) is 15.9 Å². The molecular weight excluding hydrogens is 455 g/mol. The number of pyridine rings is 1. The average Bonchev–Trinajstić information content (AvgIpc) is 3.42. The number of halogens is 2. The monoisotopic (exact) mass is 480 g/mol. The number of nitrogens with zero attached hydrogens (tertiary/aromatic N) is 5. The number of amides is 1. The molecule has 0 bridgehead atoms. The zero-order valence-electron chi connectivity index (χ0n) is 19.1. The molecule has 7 nitrogen and oxygen atoms in total. The zero-order chi connectivity index (χ0) is 24.0. The van der Waals surface area contributed by atoms with Crippen LogP contribution in [-0.4, -0.2) is 39.4 Å². The van der Waals surface area contributed by atoms with Crippen LogP contribution in [0.25, 0.3) is 10.8 Å². The molecule has 2 aliphatic rings. The molecule has 1 aliphatic heterocycles. The fourth-order valence-electron chi connectivity index (χ4n) is 5.19. The van der Waals surface area contributed by atoms with Crippen LogP contribution in [0.3, 0.4) is 0 Å². The van der Waals surface area contributed by atoms with Crippen molar-refractivity contribution >= 4 is 39.8 Å². The lowest BCUT2D eigenvalue weighted by Crippen LogP contribution is -2.41. The minimum atomic E-state index is -1.77. The average molecular weight is 481 g/mol. The van der Waals surface area contributed by atoms with E-state index in [1.54, 1.807) is 16.9 Å². The fraction of sp³-hybridized carbons (Fsp3) is 0.440. The van der Waals surface area contributed by atoms with Crippen molar-refractivity contribution < 1.29 is 9.18 Å². The molecule has 1 N–H and O–H groups in total. The highest BCUT2D eigenvalue weighted by molar-refractivity contribution is 6.34. The number of aromatic nitrogens is 3. The van der Waals surface area contributed by atoms with Gasteiger partial charge < -0.3 is 10.2 Å². The van der Waals surface area contributed by atoms with Gasteiger partial charge in [-0.15, -0.1) is 0 Å². The highest BCUT2D eigenvalue weighted by Gasteiger charge is 2.54. The van der Waals surface area contributed by atoms with Gasteiger partial charge in [-0.2, -0.15) is 10.4 Å². The molecule has 1 aromatic carbocycles. The quantitative estimate of drug-likeness (QED) is 0.565. The summed E-state index contributed by atoms with van der Waals surface area (Å²) in [7, 11) is 1.88. The van der Waals surface area contributed by atoms with Gasteiger partial charge in [0.05, 0.1) is 16.9 Å². The van der Waals surface area contributed by atoms with E-state index in [1.807, 2.05) is 42.5 Å². The van der Waals surface area contributed by atoms with Gasteiger partial charge in [0.2, 0.25) is 5.91 Å². The van der Waals surface area contributed by atoms with Gasteiger partial charge in [-0.05, 0) is 35.1 Å². The predicted molar refractivity (Wildman–Crippen MR) is 130 cm³/mol. The van der Waals surface area contributed by atoms with Gasteiger partial charge in [0.15, 0.2) is 5.67 Å². The van der Waals surface area contributed by atoms with Crippen LogP contribution in [0.2, 0.25) is 5.02 Å². The molecule has 2 aromatic heterocycles. The van der Waals surface area contributed by atoms with Gasteiger partial charge in [-0.3, -0.25) is 9.48 Å². The van der Waals surface area contributed by atoms with Crippen molar-refractivity contribution in [2.45, 2.75) is 37.8 Å². The summed E-state index contributed by atoms with van der Waals surface area (Å²) in [6.45, 7) is 2.94. The van der Waals surface area contributed by atoms with Gasteiger partial charge in [0.25, 0.3) is 0 Å². The molecule has 176 valence electrons. The number of anilines is 2. The number of fused-ring (bicyclic) bond motifs is 1. The smallest absolute Gasteiger partial charge is 0.229 e. The topological polar surface area (TPSA) is 86.8 Å². The number of hydrogen-bond acceptors (Lipinski definition) is 5. The zero-order valence-corrected chi connectivity index (χ0v) is 19.9. The first-order valence-corrected chi connectivity index (χ1v) is 11.9. The molecule has 3 aromatic rings. The normalized spacial score (nSPS) is 23.5. The van der Waals surface area contributed by atoms with E-state index >= 15 is 0 Å². The second-order valence-electron chi connectivity index (χ2n) is 9.34. The first-order chi connectivity index (χ1) is 16.3. The number of nitriles is 1. The molecule has 1 unspecified atom stereocenters. The van der Waals surface area contributed by atoms with Crippen molar-refractivity contribution in [1.29, 1.82) is 5.26 Å². The Morgan fingerprint density at radius 2 is 2.06 bits per heavy atom. The number of carbonyl (C=O) groups is 1. The molecule has 2 fully saturated rings. The molecule has 1 saturated heterocycles. The van der Waals surface area contributed by atoms with Crippen molar-refractivity contribution in [3.05, 3.63) is 47.4 Å². The van der Waals surface area contributed by atoms with E-state index in [9.17, 15) is 9.18 Å². The molecule has 1 amide bonds. The Balaban J connectivity index is 1.34. The van der Waals surface area contributed by atoms with Crippen LogP contribution < -0.4 is 10.2 Å². The van der Waals surface area contributed by atoms with Crippen molar-refractivity contribution in [3.63, 3.8) is 0 Å². The van der Waals surface area contributed by atoms with E-state index in [4.69, 9.17) is 16.9 Å². The van der Waals surface area contributed by atoms with Crippen LogP contribution in [0, 0.1) is 23.2 Å². The summed E-state index contributed by atoms with van der Waals surface area (Å²) in [5, 5.41) is 18.6. The summed E-state index contributed by atoms with van der Waals surface area (Å²) in [6, 6.07) is 7.39. The third-order valence-electron chi connectivity index (χ3n) is 7.19. The van der Waals surface area contributed by atoms with E-state index in [0.29, 0.717) is 29.8 Å². The van der Waals surface area contributed by atoms with Crippen molar-refractivity contribution in [2.75, 3.05) is 23.3 Å². The highest BCUT2D eigenvalue weighted by atomic mass is 35.5. The molecule has 0 spiro atoms. The van der Waals surface area contributed by atoms with Gasteiger partial charge in [-0.1, -0.05) is 24.9 Å². The van der Waals surface area contributed by atoms with E-state index in [-0.39, 0.29) is 30.6 Å². The summed E-state index contributed by atoms with van der Waals surface area (Å²) < 4.78 is 16.1. The largest absolute Gasteiger partial charge is 0.370 e. The van der Waals surface area contributed by atoms with Crippen LogP contribution >= 0.6 is 11.6 Å². The first-order valence-electron chi connectivity index (χ1n) is 11.6. The Kier molecular flexibility index (Phi) is 5.68. The van der Waals surface area contributed by atoms with Gasteiger partial charge in [0.1, 0.15) is 11.9 Å². The van der Waals surface area contributed by atoms with Crippen molar-refractivity contribution in [3.8, 4) is 6.07 Å². The maximum atomic E-state index is 14.3. The number of hydrogen-bond donors (Lipinski definition) is 1. The van der Waals surface area contributed by atoms with Gasteiger partial charge >= 0.3 is 0 Å². The minimum Gasteiger partial charge on any atom is -0.370 e. The third-order valence-corrected chi connectivity index (χ3v) is 7.49. The second-order valence-corrected chi connectivity index (χ2v) is 9.75. The van der Waals surface area contributed by atoms with Gasteiger partial charge in [0, 0.05) is 62.6 Å². The fourth-order valence-corrected chi connectivity index (χ4v) is 5.49. The van der Waals surface area contributed by atoms with Crippen LogP contribution in [0.15, 0.2) is 36.8 Å². The Bertz CT molecular complexity index is 1290. The second kappa shape index (κ2) is 8.55. The number of aryl methyl sites for hydroxylation is 1. The lowest BCUT2D eigenvalue weighted by atomic mass is 9.94. The molecule has 5 rings (SSSR count). The molecule has 1 saturated carbocycles. The molecule has 1 aliphatic carbocycles. The number of carbonyl (C=O) groups excluding carboxylic acids is 1. The number of alkyl halides is 1. The predicted octanol–water partition coefficient (Wildman–Crippen LogP) is 4.83. The van der Waals surface area contributed by atoms with E-state index in [2.05, 4.69) is 22.3 Å². The number of nitrogens with one attached hydrogen (secondary N) is 1. The SMILES string of the molecule is CC[C@@H]1C(c2cnn(C)c2)[C@@H]1C(=O)Nc1cc2cc(N3CCC(F)(C#N)CC3)c(Cl)cc2cn1. The van der Waals surface area contributed by atoms with Crippen LogP contribution in [0.1, 0.15) is 37.7 Å². The Hall–Kier alpha value is -3.18. The summed E-state index contributed by atoms with van der Waals surface area (Å²) in [6.07, 6.45) is 6.73. The lowest BCUT2D eigenvalue weighted by Gasteiger charge is -2.34. The Morgan fingerprint density at radius 1 is 1.29 bits per heavy atom. The van der Waals surface area contributed by atoms with Gasteiger partial charge in [-0.25, -0.2) is 9.37 Å². The first kappa shape index (κ1) is 22.6. The summed E-state index contributed by atoms with van der Waals surface area (Å²) >= 11 is 6.52. The standard InChI is InChI=1S/C25H26ClFN6O/c1-3-18-22(17-12-30-32(2)13-17)23(18)24(34)31-21-10-15-9-20(19(26)8-16(15)11-29-21)33-6-4-25(27,14-28)5-7-33/h8-13,18,22-23H,3-7H2,1-2H3,(H,29,31,34)/t18-,22?,23-/m1/s1. The van der Waals surface area contributed by atoms with Crippen molar-refractivity contribution in [2.24, 2.45) is 18.9 Å². The van der Waals surface area contributed by atoms with Crippen molar-refractivity contribution in [1.82, 2.24) is 14.8 Å². The molecule has 9 heteroatoms.